The molecular weight excluding hydrogens is 180 g/mol. The summed E-state index contributed by atoms with van der Waals surface area (Å²) in [6, 6.07) is -0.357. The number of hydrogen-bond acceptors (Lipinski definition) is 2. The van der Waals surface area contributed by atoms with E-state index in [9.17, 15) is 9.59 Å². The summed E-state index contributed by atoms with van der Waals surface area (Å²) in [4.78, 5) is 24.8. The molecule has 0 saturated carbocycles. The zero-order chi connectivity index (χ0) is 11.1. The largest absolute Gasteiger partial charge is 0.325 e. The lowest BCUT2D eigenvalue weighted by Gasteiger charge is -2.26. The number of nitrogens with one attached hydrogen (secondary N) is 1. The molecule has 1 rings (SSSR count). The number of nitrogens with zero attached hydrogens (tertiary/aromatic N) is 1. The summed E-state index contributed by atoms with van der Waals surface area (Å²) in [6.45, 7) is 9.32. The molecule has 1 aliphatic rings. The Labute approximate surface area is 84.7 Å². The third-order valence-electron chi connectivity index (χ3n) is 2.92. The molecule has 0 aromatic carbocycles. The van der Waals surface area contributed by atoms with Crippen molar-refractivity contribution in [1.82, 2.24) is 10.2 Å². The zero-order valence-corrected chi connectivity index (χ0v) is 9.42. The Balaban J connectivity index is 3.01. The monoisotopic (exact) mass is 198 g/mol. The fourth-order valence-corrected chi connectivity index (χ4v) is 1.54. The fraction of sp³-hybridized carbons (Fsp3) is 0.800. The highest BCUT2D eigenvalue weighted by molar-refractivity contribution is 6.07. The average molecular weight is 198 g/mol. The molecule has 14 heavy (non-hydrogen) atoms. The van der Waals surface area contributed by atoms with Gasteiger partial charge in [0.2, 0.25) is 0 Å². The highest BCUT2D eigenvalue weighted by Crippen LogP contribution is 2.26. The molecule has 3 amide bonds. The number of amides is 3. The van der Waals surface area contributed by atoms with Crippen LogP contribution in [0.15, 0.2) is 0 Å². The number of urea groups is 1. The Bertz CT molecular complexity index is 273. The molecule has 1 aliphatic heterocycles. The Morgan fingerprint density at radius 3 is 1.93 bits per heavy atom. The van der Waals surface area contributed by atoms with Crippen LogP contribution in [0.3, 0.4) is 0 Å². The summed E-state index contributed by atoms with van der Waals surface area (Å²) in [5.41, 5.74) is -0.735. The van der Waals surface area contributed by atoms with Gasteiger partial charge in [0, 0.05) is 6.04 Å². The molecular formula is C10H18N2O2. The SMILES string of the molecule is CC(C)N1C(=O)NC(C)(C(C)C)C1=O. The first kappa shape index (κ1) is 11.0. The Kier molecular flexibility index (Phi) is 2.56. The summed E-state index contributed by atoms with van der Waals surface area (Å²) in [5.74, 6) is -0.0183. The fourth-order valence-electron chi connectivity index (χ4n) is 1.54. The summed E-state index contributed by atoms with van der Waals surface area (Å²) in [5, 5.41) is 2.75. The van der Waals surface area contributed by atoms with Gasteiger partial charge in [-0.1, -0.05) is 13.8 Å². The van der Waals surface area contributed by atoms with Crippen molar-refractivity contribution in [3.8, 4) is 0 Å². The van der Waals surface area contributed by atoms with Crippen molar-refractivity contribution in [3.05, 3.63) is 0 Å². The lowest BCUT2D eigenvalue weighted by molar-refractivity contribution is -0.133. The second-order valence-corrected chi connectivity index (χ2v) is 4.56. The highest BCUT2D eigenvalue weighted by atomic mass is 16.2. The second-order valence-electron chi connectivity index (χ2n) is 4.56. The highest BCUT2D eigenvalue weighted by Gasteiger charge is 2.50. The summed E-state index contributed by atoms with van der Waals surface area (Å²) < 4.78 is 0. The predicted molar refractivity (Wildman–Crippen MR) is 53.8 cm³/mol. The standard InChI is InChI=1S/C10H18N2O2/c1-6(2)10(5)8(13)12(7(3)4)9(14)11-10/h6-7H,1-5H3,(H,11,14). The molecule has 1 unspecified atom stereocenters. The normalized spacial score (nSPS) is 27.8. The summed E-state index contributed by atoms with van der Waals surface area (Å²) >= 11 is 0. The quantitative estimate of drug-likeness (QED) is 0.681. The maximum atomic E-state index is 12.0. The maximum Gasteiger partial charge on any atom is 0.325 e. The molecule has 1 atom stereocenters. The molecule has 4 nitrogen and oxygen atoms in total. The molecule has 1 N–H and O–H groups in total. The first-order valence-electron chi connectivity index (χ1n) is 4.96. The van der Waals surface area contributed by atoms with E-state index in [0.29, 0.717) is 0 Å². The number of carbonyl (C=O) groups is 2. The molecule has 0 radical (unpaired) electrons. The minimum absolute atomic E-state index is 0.0805. The molecule has 1 heterocycles. The molecule has 0 bridgehead atoms. The van der Waals surface area contributed by atoms with Gasteiger partial charge in [-0.25, -0.2) is 4.79 Å². The van der Waals surface area contributed by atoms with E-state index in [1.54, 1.807) is 6.92 Å². The van der Waals surface area contributed by atoms with Gasteiger partial charge >= 0.3 is 6.03 Å². The van der Waals surface area contributed by atoms with E-state index in [1.165, 1.54) is 4.90 Å². The van der Waals surface area contributed by atoms with Gasteiger partial charge in [-0.2, -0.15) is 0 Å². The van der Waals surface area contributed by atoms with Gasteiger partial charge in [-0.05, 0) is 26.7 Å². The maximum absolute atomic E-state index is 12.0. The number of hydrogen-bond donors (Lipinski definition) is 1. The van der Waals surface area contributed by atoms with Crippen molar-refractivity contribution in [3.63, 3.8) is 0 Å². The first-order valence-corrected chi connectivity index (χ1v) is 4.96. The molecule has 0 aromatic rings. The van der Waals surface area contributed by atoms with Gasteiger partial charge in [0.25, 0.3) is 5.91 Å². The van der Waals surface area contributed by atoms with Gasteiger partial charge in [-0.3, -0.25) is 9.69 Å². The lowest BCUT2D eigenvalue weighted by atomic mass is 9.88. The van der Waals surface area contributed by atoms with E-state index < -0.39 is 5.54 Å². The van der Waals surface area contributed by atoms with Crippen LogP contribution in [-0.2, 0) is 4.79 Å². The van der Waals surface area contributed by atoms with Crippen LogP contribution in [0.5, 0.6) is 0 Å². The molecule has 4 heteroatoms. The van der Waals surface area contributed by atoms with E-state index >= 15 is 0 Å². The summed E-state index contributed by atoms with van der Waals surface area (Å²) in [6.07, 6.45) is 0. The Morgan fingerprint density at radius 2 is 1.71 bits per heavy atom. The minimum Gasteiger partial charge on any atom is -0.323 e. The third-order valence-corrected chi connectivity index (χ3v) is 2.92. The van der Waals surface area contributed by atoms with Gasteiger partial charge in [0.15, 0.2) is 0 Å². The van der Waals surface area contributed by atoms with Crippen molar-refractivity contribution >= 4 is 11.9 Å². The van der Waals surface area contributed by atoms with Crippen LogP contribution < -0.4 is 5.32 Å². The van der Waals surface area contributed by atoms with Crippen LogP contribution in [0.2, 0.25) is 0 Å². The van der Waals surface area contributed by atoms with Crippen molar-refractivity contribution in [2.24, 2.45) is 5.92 Å². The van der Waals surface area contributed by atoms with Crippen LogP contribution in [0, 0.1) is 5.92 Å². The molecule has 0 aromatic heterocycles. The predicted octanol–water partition coefficient (Wildman–Crippen LogP) is 1.36. The summed E-state index contributed by atoms with van der Waals surface area (Å²) in [7, 11) is 0. The van der Waals surface area contributed by atoms with Gasteiger partial charge < -0.3 is 5.32 Å². The van der Waals surface area contributed by atoms with Crippen LogP contribution in [0.25, 0.3) is 0 Å². The van der Waals surface area contributed by atoms with E-state index in [0.717, 1.165) is 0 Å². The molecule has 1 fully saturated rings. The molecule has 0 aliphatic carbocycles. The number of carbonyl (C=O) groups excluding carboxylic acids is 2. The second kappa shape index (κ2) is 3.26. The van der Waals surface area contributed by atoms with Crippen molar-refractivity contribution in [2.45, 2.75) is 46.2 Å². The average Bonchev–Trinajstić information content (AvgIpc) is 2.24. The minimum atomic E-state index is -0.735. The van der Waals surface area contributed by atoms with E-state index in [1.807, 2.05) is 27.7 Å². The van der Waals surface area contributed by atoms with Crippen molar-refractivity contribution < 1.29 is 9.59 Å². The lowest BCUT2D eigenvalue weighted by Crippen LogP contribution is -2.49. The van der Waals surface area contributed by atoms with Gasteiger partial charge in [-0.15, -0.1) is 0 Å². The van der Waals surface area contributed by atoms with Crippen LogP contribution in [0.4, 0.5) is 4.79 Å². The van der Waals surface area contributed by atoms with Crippen molar-refractivity contribution in [2.75, 3.05) is 0 Å². The van der Waals surface area contributed by atoms with E-state index in [-0.39, 0.29) is 23.9 Å². The number of rotatable bonds is 2. The van der Waals surface area contributed by atoms with Gasteiger partial charge in [0.1, 0.15) is 5.54 Å². The zero-order valence-electron chi connectivity index (χ0n) is 9.42. The van der Waals surface area contributed by atoms with Crippen LogP contribution in [-0.4, -0.2) is 28.4 Å². The molecule has 80 valence electrons. The third kappa shape index (κ3) is 1.38. The smallest absolute Gasteiger partial charge is 0.323 e. The number of imide groups is 1. The van der Waals surface area contributed by atoms with Crippen LogP contribution in [0.1, 0.15) is 34.6 Å². The molecule has 1 saturated heterocycles. The Hall–Kier alpha value is -1.06. The van der Waals surface area contributed by atoms with Crippen molar-refractivity contribution in [1.29, 1.82) is 0 Å². The van der Waals surface area contributed by atoms with Gasteiger partial charge in [0.05, 0.1) is 0 Å². The first-order chi connectivity index (χ1) is 6.30. The van der Waals surface area contributed by atoms with E-state index in [4.69, 9.17) is 0 Å². The molecule has 0 spiro atoms. The Morgan fingerprint density at radius 1 is 1.21 bits per heavy atom. The van der Waals surface area contributed by atoms with E-state index in [2.05, 4.69) is 5.32 Å². The van der Waals surface area contributed by atoms with Crippen LogP contribution >= 0.6 is 0 Å². The topological polar surface area (TPSA) is 49.4 Å².